The molecule has 0 fully saturated rings. The smallest absolute Gasteiger partial charge is 0.224 e. The molecule has 0 aliphatic heterocycles. The molecule has 0 aliphatic rings. The van der Waals surface area contributed by atoms with Crippen molar-refractivity contribution in [3.8, 4) is 0 Å². The third-order valence-corrected chi connectivity index (χ3v) is 2.57. The number of halogens is 8. The molecule has 0 saturated carbocycles. The van der Waals surface area contributed by atoms with Crippen molar-refractivity contribution in [2.24, 2.45) is 0 Å². The Bertz CT molecular complexity index is 180. The lowest BCUT2D eigenvalue weighted by Crippen LogP contribution is -2.53. The minimum absolute atomic E-state index is 0.123. The maximum absolute atomic E-state index is 12.9. The van der Waals surface area contributed by atoms with Gasteiger partial charge in [0.2, 0.25) is 0 Å². The van der Waals surface area contributed by atoms with E-state index < -0.39 is 30.9 Å². The standard InChI is InChI=1S/C7H8F7I/c8-5(6(9,10)11,7(12,13)14)3-1-2-4-15/h1-4H2. The average molecular weight is 352 g/mol. The third kappa shape index (κ3) is 3.63. The molecule has 92 valence electrons. The van der Waals surface area contributed by atoms with Gasteiger partial charge < -0.3 is 0 Å². The van der Waals surface area contributed by atoms with Crippen molar-refractivity contribution in [3.05, 3.63) is 0 Å². The molecule has 0 saturated heterocycles. The Balaban J connectivity index is 4.74. The van der Waals surface area contributed by atoms with Crippen LogP contribution >= 0.6 is 22.6 Å². The summed E-state index contributed by atoms with van der Waals surface area (Å²) in [6.07, 6.45) is -13.7. The highest BCUT2D eigenvalue weighted by molar-refractivity contribution is 14.1. The summed E-state index contributed by atoms with van der Waals surface area (Å²) in [7, 11) is 0. The van der Waals surface area contributed by atoms with Crippen LogP contribution in [0.5, 0.6) is 0 Å². The summed E-state index contributed by atoms with van der Waals surface area (Å²) in [5.74, 6) is 0. The van der Waals surface area contributed by atoms with Gasteiger partial charge in [-0.1, -0.05) is 22.6 Å². The van der Waals surface area contributed by atoms with Gasteiger partial charge in [0.15, 0.2) is 0 Å². The van der Waals surface area contributed by atoms with Crippen LogP contribution in [0.4, 0.5) is 30.7 Å². The zero-order valence-corrected chi connectivity index (χ0v) is 9.51. The van der Waals surface area contributed by atoms with Crippen LogP contribution in [0.3, 0.4) is 0 Å². The normalized spacial score (nSPS) is 14.4. The Hall–Kier alpha value is 0.240. The molecule has 0 N–H and O–H groups in total. The molecular weight excluding hydrogens is 344 g/mol. The maximum Gasteiger partial charge on any atom is 0.431 e. The Morgan fingerprint density at radius 2 is 1.13 bits per heavy atom. The van der Waals surface area contributed by atoms with Gasteiger partial charge in [-0.15, -0.1) is 0 Å². The second-order valence-electron chi connectivity index (χ2n) is 2.94. The molecule has 0 aromatic heterocycles. The number of rotatable bonds is 4. The predicted molar refractivity (Wildman–Crippen MR) is 48.7 cm³/mol. The molecule has 0 aromatic carbocycles. The second kappa shape index (κ2) is 5.05. The van der Waals surface area contributed by atoms with Gasteiger partial charge in [0, 0.05) is 0 Å². The van der Waals surface area contributed by atoms with Crippen LogP contribution in [0.1, 0.15) is 19.3 Å². The molecule has 0 nitrogen and oxygen atoms in total. The Labute approximate surface area is 95.3 Å². The minimum Gasteiger partial charge on any atom is -0.224 e. The summed E-state index contributed by atoms with van der Waals surface area (Å²) in [6, 6.07) is 0. The fourth-order valence-electron chi connectivity index (χ4n) is 0.907. The summed E-state index contributed by atoms with van der Waals surface area (Å²) in [5, 5.41) is 0. The van der Waals surface area contributed by atoms with Gasteiger partial charge in [0.25, 0.3) is 5.67 Å². The zero-order valence-electron chi connectivity index (χ0n) is 7.35. The summed E-state index contributed by atoms with van der Waals surface area (Å²) in [5.41, 5.74) is -5.08. The van der Waals surface area contributed by atoms with Crippen molar-refractivity contribution in [2.45, 2.75) is 37.3 Å². The lowest BCUT2D eigenvalue weighted by molar-refractivity contribution is -0.343. The number of alkyl halides is 8. The fraction of sp³-hybridized carbons (Fsp3) is 1.00. The minimum atomic E-state index is -5.91. The summed E-state index contributed by atoms with van der Waals surface area (Å²) in [6.45, 7) is 0. The van der Waals surface area contributed by atoms with E-state index in [0.717, 1.165) is 0 Å². The predicted octanol–water partition coefficient (Wildman–Crippen LogP) is 4.42. The molecular formula is C7H8F7I. The van der Waals surface area contributed by atoms with Crippen molar-refractivity contribution < 1.29 is 30.7 Å². The molecule has 0 atom stereocenters. The quantitative estimate of drug-likeness (QED) is 0.304. The van der Waals surface area contributed by atoms with Gasteiger partial charge in [-0.25, -0.2) is 4.39 Å². The molecule has 0 rings (SSSR count). The van der Waals surface area contributed by atoms with E-state index in [1.807, 2.05) is 0 Å². The monoisotopic (exact) mass is 352 g/mol. The Kier molecular flexibility index (Phi) is 5.13. The first-order valence-electron chi connectivity index (χ1n) is 3.94. The Morgan fingerprint density at radius 3 is 1.40 bits per heavy atom. The molecule has 0 spiro atoms. The first-order chi connectivity index (χ1) is 6.56. The van der Waals surface area contributed by atoms with Crippen LogP contribution < -0.4 is 0 Å². The first-order valence-corrected chi connectivity index (χ1v) is 5.47. The van der Waals surface area contributed by atoms with Crippen LogP contribution in [0, 0.1) is 0 Å². The van der Waals surface area contributed by atoms with Crippen LogP contribution in [-0.4, -0.2) is 22.4 Å². The van der Waals surface area contributed by atoms with Crippen LogP contribution in [0.15, 0.2) is 0 Å². The highest BCUT2D eigenvalue weighted by atomic mass is 127. The summed E-state index contributed by atoms with van der Waals surface area (Å²) < 4.78 is 84.9. The van der Waals surface area contributed by atoms with Gasteiger partial charge in [-0.05, 0) is 23.7 Å². The van der Waals surface area contributed by atoms with Crippen molar-refractivity contribution in [1.29, 1.82) is 0 Å². The molecule has 0 bridgehead atoms. The van der Waals surface area contributed by atoms with E-state index in [9.17, 15) is 30.7 Å². The van der Waals surface area contributed by atoms with Crippen molar-refractivity contribution in [3.63, 3.8) is 0 Å². The maximum atomic E-state index is 12.9. The number of hydrogen-bond donors (Lipinski definition) is 0. The van der Waals surface area contributed by atoms with E-state index >= 15 is 0 Å². The van der Waals surface area contributed by atoms with Crippen LogP contribution in [-0.2, 0) is 0 Å². The van der Waals surface area contributed by atoms with Gasteiger partial charge in [0.05, 0.1) is 0 Å². The van der Waals surface area contributed by atoms with E-state index in [0.29, 0.717) is 4.43 Å². The second-order valence-corrected chi connectivity index (χ2v) is 4.02. The number of unbranched alkanes of at least 4 members (excludes halogenated alkanes) is 1. The highest BCUT2D eigenvalue weighted by Crippen LogP contribution is 2.49. The van der Waals surface area contributed by atoms with E-state index in [4.69, 9.17) is 0 Å². The van der Waals surface area contributed by atoms with Gasteiger partial charge in [-0.2, -0.15) is 26.3 Å². The fourth-order valence-corrected chi connectivity index (χ4v) is 1.45. The summed E-state index contributed by atoms with van der Waals surface area (Å²) in [4.78, 5) is 0. The SMILES string of the molecule is FC(F)(F)C(F)(CCCCI)C(F)(F)F. The van der Waals surface area contributed by atoms with E-state index in [1.54, 1.807) is 22.6 Å². The molecule has 0 radical (unpaired) electrons. The van der Waals surface area contributed by atoms with Gasteiger partial charge in [-0.3, -0.25) is 0 Å². The molecule has 0 aromatic rings. The summed E-state index contributed by atoms with van der Waals surface area (Å²) >= 11 is 1.80. The van der Waals surface area contributed by atoms with E-state index in [2.05, 4.69) is 0 Å². The van der Waals surface area contributed by atoms with E-state index in [1.165, 1.54) is 0 Å². The number of hydrogen-bond acceptors (Lipinski definition) is 0. The molecule has 8 heteroatoms. The van der Waals surface area contributed by atoms with Crippen molar-refractivity contribution >= 4 is 22.6 Å². The van der Waals surface area contributed by atoms with Gasteiger partial charge in [0.1, 0.15) is 0 Å². The molecule has 15 heavy (non-hydrogen) atoms. The third-order valence-electron chi connectivity index (χ3n) is 1.80. The molecule has 0 amide bonds. The first kappa shape index (κ1) is 15.2. The van der Waals surface area contributed by atoms with Crippen LogP contribution in [0.2, 0.25) is 0 Å². The van der Waals surface area contributed by atoms with E-state index in [-0.39, 0.29) is 6.42 Å². The van der Waals surface area contributed by atoms with Crippen LogP contribution in [0.25, 0.3) is 0 Å². The lowest BCUT2D eigenvalue weighted by Gasteiger charge is -2.29. The van der Waals surface area contributed by atoms with Crippen molar-refractivity contribution in [1.82, 2.24) is 0 Å². The average Bonchev–Trinajstić information content (AvgIpc) is 2.00. The van der Waals surface area contributed by atoms with Crippen molar-refractivity contribution in [2.75, 3.05) is 4.43 Å². The Morgan fingerprint density at radius 1 is 0.733 bits per heavy atom. The molecule has 0 unspecified atom stereocenters. The largest absolute Gasteiger partial charge is 0.431 e. The highest BCUT2D eigenvalue weighted by Gasteiger charge is 2.71. The molecule has 0 aliphatic carbocycles. The molecule has 0 heterocycles. The zero-order chi connectivity index (χ0) is 12.3. The van der Waals surface area contributed by atoms with Gasteiger partial charge >= 0.3 is 12.4 Å². The topological polar surface area (TPSA) is 0 Å². The lowest BCUT2D eigenvalue weighted by atomic mass is 9.97.